The van der Waals surface area contributed by atoms with Crippen LogP contribution in [0, 0.1) is 6.92 Å². The zero-order chi connectivity index (χ0) is 19.0. The minimum atomic E-state index is -0.445. The van der Waals surface area contributed by atoms with E-state index in [2.05, 4.69) is 5.32 Å². The van der Waals surface area contributed by atoms with Crippen LogP contribution in [-0.2, 0) is 9.59 Å². The topological polar surface area (TPSA) is 58.6 Å². The number of nitrogens with zero attached hydrogens (tertiary/aromatic N) is 1. The quantitative estimate of drug-likeness (QED) is 0.797. The van der Waals surface area contributed by atoms with Crippen molar-refractivity contribution in [2.75, 3.05) is 19.5 Å². The molecule has 2 amide bonds. The molecule has 0 radical (unpaired) electrons. The highest BCUT2D eigenvalue weighted by molar-refractivity contribution is 6.41. The molecule has 134 valence electrons. The van der Waals surface area contributed by atoms with E-state index in [0.29, 0.717) is 27.0 Å². The third-order valence-electron chi connectivity index (χ3n) is 4.10. The van der Waals surface area contributed by atoms with E-state index in [9.17, 15) is 9.59 Å². The number of hydrogen-bond donors (Lipinski definition) is 1. The SMILES string of the molecule is COc1ccc(C)cc1NC1=C(c2ccc(Cl)cc2Cl)C(=O)N(C)C1=O. The number of amides is 2. The number of benzene rings is 2. The van der Waals surface area contributed by atoms with Crippen molar-refractivity contribution >= 4 is 46.3 Å². The predicted octanol–water partition coefficient (Wildman–Crippen LogP) is 4.13. The molecule has 1 N–H and O–H groups in total. The number of likely N-dealkylation sites (N-methyl/N-ethyl adjacent to an activating group) is 1. The molecule has 1 aliphatic heterocycles. The molecule has 0 saturated heterocycles. The highest BCUT2D eigenvalue weighted by Gasteiger charge is 2.38. The second-order valence-electron chi connectivity index (χ2n) is 5.87. The van der Waals surface area contributed by atoms with Gasteiger partial charge in [0.2, 0.25) is 0 Å². The summed E-state index contributed by atoms with van der Waals surface area (Å²) in [4.78, 5) is 26.3. The number of aryl methyl sites for hydroxylation is 1. The third-order valence-corrected chi connectivity index (χ3v) is 4.65. The maximum Gasteiger partial charge on any atom is 0.277 e. The lowest BCUT2D eigenvalue weighted by atomic mass is 10.0. The van der Waals surface area contributed by atoms with Crippen molar-refractivity contribution < 1.29 is 14.3 Å². The first-order chi connectivity index (χ1) is 12.3. The lowest BCUT2D eigenvalue weighted by Crippen LogP contribution is -2.28. The van der Waals surface area contributed by atoms with Gasteiger partial charge in [-0.15, -0.1) is 0 Å². The van der Waals surface area contributed by atoms with Crippen LogP contribution in [0.5, 0.6) is 5.75 Å². The monoisotopic (exact) mass is 390 g/mol. The first-order valence-electron chi connectivity index (χ1n) is 7.77. The van der Waals surface area contributed by atoms with Crippen LogP contribution in [-0.4, -0.2) is 30.9 Å². The first kappa shape index (κ1) is 18.3. The zero-order valence-corrected chi connectivity index (χ0v) is 15.9. The minimum absolute atomic E-state index is 0.144. The molecule has 0 bridgehead atoms. The summed E-state index contributed by atoms with van der Waals surface area (Å²) in [5.74, 6) is -0.327. The molecule has 0 atom stereocenters. The van der Waals surface area contributed by atoms with E-state index < -0.39 is 11.8 Å². The highest BCUT2D eigenvalue weighted by Crippen LogP contribution is 2.36. The van der Waals surface area contributed by atoms with Gasteiger partial charge >= 0.3 is 0 Å². The van der Waals surface area contributed by atoms with E-state index in [1.807, 2.05) is 19.1 Å². The number of hydrogen-bond acceptors (Lipinski definition) is 4. The van der Waals surface area contributed by atoms with Crippen LogP contribution >= 0.6 is 23.2 Å². The van der Waals surface area contributed by atoms with Gasteiger partial charge in [-0.05, 0) is 36.8 Å². The summed E-state index contributed by atoms with van der Waals surface area (Å²) in [5, 5.41) is 3.79. The average Bonchev–Trinajstić information content (AvgIpc) is 2.80. The van der Waals surface area contributed by atoms with Crippen molar-refractivity contribution in [3.05, 3.63) is 63.3 Å². The number of halogens is 2. The van der Waals surface area contributed by atoms with E-state index in [4.69, 9.17) is 27.9 Å². The highest BCUT2D eigenvalue weighted by atomic mass is 35.5. The van der Waals surface area contributed by atoms with E-state index >= 15 is 0 Å². The van der Waals surface area contributed by atoms with Crippen LogP contribution in [0.2, 0.25) is 10.0 Å². The predicted molar refractivity (Wildman–Crippen MR) is 103 cm³/mol. The molecule has 0 saturated carbocycles. The summed E-state index contributed by atoms with van der Waals surface area (Å²) >= 11 is 12.2. The van der Waals surface area contributed by atoms with E-state index in [-0.39, 0.29) is 11.3 Å². The number of anilines is 1. The Hall–Kier alpha value is -2.50. The van der Waals surface area contributed by atoms with Crippen molar-refractivity contribution in [3.8, 4) is 5.75 Å². The van der Waals surface area contributed by atoms with Crippen LogP contribution in [0.1, 0.15) is 11.1 Å². The Morgan fingerprint density at radius 3 is 2.42 bits per heavy atom. The van der Waals surface area contributed by atoms with Crippen molar-refractivity contribution in [2.45, 2.75) is 6.92 Å². The van der Waals surface area contributed by atoms with Gasteiger partial charge in [0.15, 0.2) is 0 Å². The number of imide groups is 1. The van der Waals surface area contributed by atoms with Crippen molar-refractivity contribution in [3.63, 3.8) is 0 Å². The van der Waals surface area contributed by atoms with E-state index in [1.54, 1.807) is 18.2 Å². The fourth-order valence-corrected chi connectivity index (χ4v) is 3.26. The Kier molecular flexibility index (Phi) is 4.94. The number of carbonyl (C=O) groups excluding carboxylic acids is 2. The second kappa shape index (κ2) is 7.02. The third kappa shape index (κ3) is 3.16. The summed E-state index contributed by atoms with van der Waals surface area (Å²) in [6.45, 7) is 1.92. The Morgan fingerprint density at radius 1 is 1.04 bits per heavy atom. The molecule has 1 heterocycles. The summed E-state index contributed by atoms with van der Waals surface area (Å²) < 4.78 is 5.34. The van der Waals surface area contributed by atoms with Crippen LogP contribution in [0.25, 0.3) is 5.57 Å². The summed E-state index contributed by atoms with van der Waals surface area (Å²) in [5.41, 5.74) is 2.34. The van der Waals surface area contributed by atoms with Gasteiger partial charge < -0.3 is 10.1 Å². The molecule has 5 nitrogen and oxygen atoms in total. The van der Waals surface area contributed by atoms with Crippen LogP contribution in [0.3, 0.4) is 0 Å². The molecular weight excluding hydrogens is 375 g/mol. The molecule has 2 aromatic rings. The second-order valence-corrected chi connectivity index (χ2v) is 6.72. The van der Waals surface area contributed by atoms with Gasteiger partial charge in [0.25, 0.3) is 11.8 Å². The Morgan fingerprint density at radius 2 is 1.77 bits per heavy atom. The molecule has 0 aromatic heterocycles. The van der Waals surface area contributed by atoms with Gasteiger partial charge in [0, 0.05) is 17.6 Å². The largest absolute Gasteiger partial charge is 0.495 e. The molecule has 26 heavy (non-hydrogen) atoms. The van der Waals surface area contributed by atoms with E-state index in [1.165, 1.54) is 20.2 Å². The minimum Gasteiger partial charge on any atom is -0.495 e. The van der Waals surface area contributed by atoms with Gasteiger partial charge in [-0.3, -0.25) is 14.5 Å². The number of carbonyl (C=O) groups is 2. The van der Waals surface area contributed by atoms with Gasteiger partial charge in [-0.25, -0.2) is 0 Å². The molecule has 0 unspecified atom stereocenters. The maximum atomic E-state index is 12.7. The Balaban J connectivity index is 2.17. The molecule has 0 fully saturated rings. The van der Waals surface area contributed by atoms with Gasteiger partial charge in [-0.2, -0.15) is 0 Å². The Bertz CT molecular complexity index is 954. The molecule has 0 aliphatic carbocycles. The number of ether oxygens (including phenoxy) is 1. The van der Waals surface area contributed by atoms with Gasteiger partial charge in [0.05, 0.1) is 23.4 Å². The zero-order valence-electron chi connectivity index (χ0n) is 14.4. The molecule has 7 heteroatoms. The van der Waals surface area contributed by atoms with E-state index in [0.717, 1.165) is 10.5 Å². The summed E-state index contributed by atoms with van der Waals surface area (Å²) in [7, 11) is 2.96. The Labute approximate surface area is 161 Å². The normalized spacial score (nSPS) is 14.3. The summed E-state index contributed by atoms with van der Waals surface area (Å²) in [6, 6.07) is 10.3. The van der Waals surface area contributed by atoms with Crippen molar-refractivity contribution in [2.24, 2.45) is 0 Å². The molecule has 1 aliphatic rings. The van der Waals surface area contributed by atoms with Crippen molar-refractivity contribution in [1.29, 1.82) is 0 Å². The number of nitrogens with one attached hydrogen (secondary N) is 1. The van der Waals surface area contributed by atoms with Crippen LogP contribution in [0.15, 0.2) is 42.1 Å². The van der Waals surface area contributed by atoms with Crippen LogP contribution in [0.4, 0.5) is 5.69 Å². The number of rotatable bonds is 4. The molecule has 2 aromatic carbocycles. The van der Waals surface area contributed by atoms with Gasteiger partial charge in [0.1, 0.15) is 11.4 Å². The molecule has 3 rings (SSSR count). The fraction of sp³-hybridized carbons (Fsp3) is 0.158. The average molecular weight is 391 g/mol. The molecule has 0 spiro atoms. The lowest BCUT2D eigenvalue weighted by Gasteiger charge is -2.13. The van der Waals surface area contributed by atoms with Gasteiger partial charge in [-0.1, -0.05) is 35.3 Å². The fourth-order valence-electron chi connectivity index (χ4n) is 2.75. The summed E-state index contributed by atoms with van der Waals surface area (Å²) in [6.07, 6.45) is 0. The maximum absolute atomic E-state index is 12.7. The van der Waals surface area contributed by atoms with Crippen molar-refractivity contribution in [1.82, 2.24) is 4.90 Å². The smallest absolute Gasteiger partial charge is 0.277 e. The number of methoxy groups -OCH3 is 1. The standard InChI is InChI=1S/C19H16Cl2N2O3/c1-10-4-7-15(26-3)14(8-10)22-17-16(18(24)23(2)19(17)25)12-6-5-11(20)9-13(12)21/h4-9,22H,1-3H3. The van der Waals surface area contributed by atoms with Crippen LogP contribution < -0.4 is 10.1 Å². The molecular formula is C19H16Cl2N2O3. The lowest BCUT2D eigenvalue weighted by molar-refractivity contribution is -0.135. The first-order valence-corrected chi connectivity index (χ1v) is 8.53.